The van der Waals surface area contributed by atoms with Crippen molar-refractivity contribution < 1.29 is 4.42 Å². The molecule has 0 aliphatic heterocycles. The molecule has 0 fully saturated rings. The van der Waals surface area contributed by atoms with Crippen molar-refractivity contribution in [2.24, 2.45) is 0 Å². The zero-order chi connectivity index (χ0) is 32.3. The quantitative estimate of drug-likeness (QED) is 0.186. The van der Waals surface area contributed by atoms with Crippen LogP contribution in [0.1, 0.15) is 0 Å². The Morgan fingerprint density at radius 3 is 1.88 bits per heavy atom. The second kappa shape index (κ2) is 11.2. The molecule has 0 saturated carbocycles. The summed E-state index contributed by atoms with van der Waals surface area (Å²) in [6.45, 7) is 0. The van der Waals surface area contributed by atoms with E-state index >= 15 is 0 Å². The lowest BCUT2D eigenvalue weighted by Crippen LogP contribution is -2.10. The fourth-order valence-electron chi connectivity index (χ4n) is 7.39. The third-order valence-electron chi connectivity index (χ3n) is 9.68. The summed E-state index contributed by atoms with van der Waals surface area (Å²) >= 11 is 1.85. The van der Waals surface area contributed by atoms with Crippen molar-refractivity contribution in [3.8, 4) is 22.3 Å². The van der Waals surface area contributed by atoms with E-state index in [-0.39, 0.29) is 0 Å². The van der Waals surface area contributed by atoms with Gasteiger partial charge in [0.05, 0.1) is 5.69 Å². The number of thiophene rings is 1. The maximum absolute atomic E-state index is 6.51. The van der Waals surface area contributed by atoms with E-state index in [9.17, 15) is 0 Å². The van der Waals surface area contributed by atoms with Crippen LogP contribution in [0.2, 0.25) is 0 Å². The molecule has 0 amide bonds. The van der Waals surface area contributed by atoms with Crippen LogP contribution in [0.5, 0.6) is 0 Å². The predicted molar refractivity (Wildman–Crippen MR) is 210 cm³/mol. The highest BCUT2D eigenvalue weighted by atomic mass is 32.1. The van der Waals surface area contributed by atoms with E-state index in [0.717, 1.165) is 44.3 Å². The Hall–Kier alpha value is -6.16. The predicted octanol–water partition coefficient (Wildman–Crippen LogP) is 13.9. The fourth-order valence-corrected chi connectivity index (χ4v) is 8.51. The van der Waals surface area contributed by atoms with Crippen molar-refractivity contribution in [2.75, 3.05) is 4.90 Å². The van der Waals surface area contributed by atoms with Crippen LogP contribution in [-0.2, 0) is 0 Å². The van der Waals surface area contributed by atoms with Crippen LogP contribution in [0.4, 0.5) is 17.1 Å². The summed E-state index contributed by atoms with van der Waals surface area (Å²) in [4.78, 5) is 2.40. The number of nitrogens with zero attached hydrogens (tertiary/aromatic N) is 1. The van der Waals surface area contributed by atoms with Gasteiger partial charge in [0.25, 0.3) is 0 Å². The van der Waals surface area contributed by atoms with E-state index in [1.54, 1.807) is 0 Å². The second-order valence-corrected chi connectivity index (χ2v) is 13.6. The highest BCUT2D eigenvalue weighted by Gasteiger charge is 2.20. The lowest BCUT2D eigenvalue weighted by Gasteiger charge is -2.27. The summed E-state index contributed by atoms with van der Waals surface area (Å²) in [6, 6.07) is 63.2. The summed E-state index contributed by atoms with van der Waals surface area (Å²) in [7, 11) is 0. The van der Waals surface area contributed by atoms with Gasteiger partial charge in [-0.15, -0.1) is 11.3 Å². The van der Waals surface area contributed by atoms with Gasteiger partial charge in [-0.05, 0) is 82.2 Å². The highest BCUT2D eigenvalue weighted by Crippen LogP contribution is 2.46. The van der Waals surface area contributed by atoms with E-state index in [4.69, 9.17) is 4.42 Å². The van der Waals surface area contributed by atoms with Crippen molar-refractivity contribution in [3.63, 3.8) is 0 Å². The molecule has 0 atom stereocenters. The van der Waals surface area contributed by atoms with Gasteiger partial charge in [0.1, 0.15) is 11.2 Å². The van der Waals surface area contributed by atoms with Crippen LogP contribution in [0.25, 0.3) is 75.1 Å². The Morgan fingerprint density at radius 2 is 1.06 bits per heavy atom. The van der Waals surface area contributed by atoms with E-state index in [1.807, 2.05) is 11.3 Å². The van der Waals surface area contributed by atoms with Crippen LogP contribution >= 0.6 is 11.3 Å². The smallest absolute Gasteiger partial charge is 0.143 e. The number of rotatable bonds is 5. The number of furan rings is 1. The monoisotopic (exact) mass is 643 g/mol. The van der Waals surface area contributed by atoms with Crippen molar-refractivity contribution in [3.05, 3.63) is 176 Å². The minimum Gasteiger partial charge on any atom is -0.455 e. The van der Waals surface area contributed by atoms with Crippen molar-refractivity contribution in [1.29, 1.82) is 0 Å². The molecule has 49 heavy (non-hydrogen) atoms. The molecule has 3 heteroatoms. The lowest BCUT2D eigenvalue weighted by molar-refractivity contribution is 0.673. The van der Waals surface area contributed by atoms with Crippen molar-refractivity contribution in [1.82, 2.24) is 0 Å². The van der Waals surface area contributed by atoms with Gasteiger partial charge in [-0.25, -0.2) is 0 Å². The number of fused-ring (bicyclic) bond motifs is 8. The Labute approximate surface area is 287 Å². The van der Waals surface area contributed by atoms with Gasteiger partial charge in [0, 0.05) is 47.7 Å². The average molecular weight is 644 g/mol. The van der Waals surface area contributed by atoms with Gasteiger partial charge in [0.15, 0.2) is 0 Å². The number of benzene rings is 8. The molecule has 2 nitrogen and oxygen atoms in total. The molecule has 0 saturated heterocycles. The molecule has 0 unspecified atom stereocenters. The second-order valence-electron chi connectivity index (χ2n) is 12.5. The summed E-state index contributed by atoms with van der Waals surface area (Å²) in [5.41, 5.74) is 9.98. The fraction of sp³-hybridized carbons (Fsp3) is 0. The van der Waals surface area contributed by atoms with Gasteiger partial charge in [-0.2, -0.15) is 0 Å². The van der Waals surface area contributed by atoms with E-state index < -0.39 is 0 Å². The molecular formula is C46H29NOS. The molecule has 0 aliphatic carbocycles. The first-order valence-corrected chi connectivity index (χ1v) is 17.4. The molecule has 0 N–H and O–H groups in total. The number of hydrogen-bond donors (Lipinski definition) is 0. The third kappa shape index (κ3) is 4.55. The molecule has 0 aliphatic rings. The summed E-state index contributed by atoms with van der Waals surface area (Å²) in [6.07, 6.45) is 0. The summed E-state index contributed by atoms with van der Waals surface area (Å²) in [5.74, 6) is 0. The topological polar surface area (TPSA) is 16.4 Å². The van der Waals surface area contributed by atoms with Gasteiger partial charge in [-0.1, -0.05) is 121 Å². The molecule has 2 aromatic heterocycles. The van der Waals surface area contributed by atoms with Gasteiger partial charge < -0.3 is 9.32 Å². The maximum Gasteiger partial charge on any atom is 0.143 e. The Balaban J connectivity index is 1.14. The number of anilines is 3. The van der Waals surface area contributed by atoms with Crippen LogP contribution in [0.15, 0.2) is 180 Å². The summed E-state index contributed by atoms with van der Waals surface area (Å²) < 4.78 is 9.09. The molecule has 0 radical (unpaired) electrons. The third-order valence-corrected chi connectivity index (χ3v) is 10.8. The molecule has 0 spiro atoms. The molecule has 2 heterocycles. The molecule has 10 aromatic rings. The van der Waals surface area contributed by atoms with Gasteiger partial charge in [-0.3, -0.25) is 0 Å². The van der Waals surface area contributed by atoms with Crippen molar-refractivity contribution in [2.45, 2.75) is 0 Å². The molecular weight excluding hydrogens is 615 g/mol. The Morgan fingerprint density at radius 1 is 0.408 bits per heavy atom. The minimum absolute atomic E-state index is 0.907. The molecule has 0 bridgehead atoms. The first kappa shape index (κ1) is 27.9. The van der Waals surface area contributed by atoms with Crippen LogP contribution in [-0.4, -0.2) is 0 Å². The normalized spacial score (nSPS) is 11.7. The van der Waals surface area contributed by atoms with E-state index in [0.29, 0.717) is 0 Å². The molecule has 10 rings (SSSR count). The Kier molecular flexibility index (Phi) is 6.39. The summed E-state index contributed by atoms with van der Waals surface area (Å²) in [5, 5.41) is 7.18. The van der Waals surface area contributed by atoms with Crippen molar-refractivity contribution >= 4 is 81.3 Å². The Bertz CT molecular complexity index is 2810. The molecule has 230 valence electrons. The zero-order valence-corrected chi connectivity index (χ0v) is 27.3. The van der Waals surface area contributed by atoms with Crippen LogP contribution in [0.3, 0.4) is 0 Å². The first-order chi connectivity index (χ1) is 24.3. The zero-order valence-electron chi connectivity index (χ0n) is 26.5. The van der Waals surface area contributed by atoms with E-state index in [1.165, 1.54) is 47.9 Å². The van der Waals surface area contributed by atoms with E-state index in [2.05, 4.69) is 181 Å². The SMILES string of the molecule is c1ccc(-c2ccc(N(c3ccc(-c4cccc5oc6c7ccccc7ccc6c45)cc3)c3cccc4sc5ccccc5c34)cc2)cc1. The highest BCUT2D eigenvalue weighted by molar-refractivity contribution is 7.26. The largest absolute Gasteiger partial charge is 0.455 e. The lowest BCUT2D eigenvalue weighted by atomic mass is 9.98. The maximum atomic E-state index is 6.51. The van der Waals surface area contributed by atoms with Gasteiger partial charge in [0.2, 0.25) is 0 Å². The van der Waals surface area contributed by atoms with Crippen LogP contribution < -0.4 is 4.90 Å². The number of hydrogen-bond acceptors (Lipinski definition) is 3. The first-order valence-electron chi connectivity index (χ1n) is 16.6. The standard InChI is InChI=1S/C46H29NOS/c1-2-10-30(11-3-1)31-20-25-34(26-21-31)47(40-16-9-19-43-45(40)38-14-6-7-18-42(38)49-43)35-27-22-33(23-28-35)36-15-8-17-41-44(36)39-29-24-32-12-4-5-13-37(32)46(39)48-41/h1-29H. The van der Waals surface area contributed by atoms with Gasteiger partial charge >= 0.3 is 0 Å². The van der Waals surface area contributed by atoms with Crippen LogP contribution in [0, 0.1) is 0 Å². The minimum atomic E-state index is 0.907. The average Bonchev–Trinajstić information content (AvgIpc) is 3.75. The molecule has 8 aromatic carbocycles.